The van der Waals surface area contributed by atoms with E-state index < -0.39 is 15.9 Å². The van der Waals surface area contributed by atoms with Gasteiger partial charge in [0.1, 0.15) is 0 Å². The lowest BCUT2D eigenvalue weighted by molar-refractivity contribution is 0.0930. The number of aliphatic hydroxyl groups excluding tert-OH is 1. The van der Waals surface area contributed by atoms with Crippen LogP contribution in [-0.2, 0) is 9.84 Å². The Labute approximate surface area is 143 Å². The van der Waals surface area contributed by atoms with Gasteiger partial charge in [-0.3, -0.25) is 0 Å². The third kappa shape index (κ3) is 3.79. The number of anilines is 1. The van der Waals surface area contributed by atoms with Crippen molar-refractivity contribution in [1.29, 1.82) is 0 Å². The number of hydrogen-bond donors (Lipinski definition) is 1. The average Bonchev–Trinajstić information content (AvgIpc) is 2.61. The van der Waals surface area contributed by atoms with Crippen LogP contribution >= 0.6 is 0 Å². The lowest BCUT2D eigenvalue weighted by Gasteiger charge is -2.35. The molecule has 5 heteroatoms. The van der Waals surface area contributed by atoms with E-state index in [9.17, 15) is 13.5 Å². The minimum atomic E-state index is -3.15. The second-order valence-electron chi connectivity index (χ2n) is 6.45. The van der Waals surface area contributed by atoms with E-state index in [2.05, 4.69) is 4.90 Å². The SMILES string of the molecule is CS(=O)(=O)c1ccc(N2CCC(C(O)c3ccccc3)CC2)cc1. The molecule has 2 aromatic rings. The van der Waals surface area contributed by atoms with Crippen molar-refractivity contribution in [2.45, 2.75) is 23.8 Å². The Morgan fingerprint density at radius 1 is 1.00 bits per heavy atom. The van der Waals surface area contributed by atoms with Crippen LogP contribution in [-0.4, -0.2) is 32.9 Å². The first-order valence-electron chi connectivity index (χ1n) is 8.23. The van der Waals surface area contributed by atoms with E-state index in [1.165, 1.54) is 6.26 Å². The van der Waals surface area contributed by atoms with Crippen LogP contribution in [0.1, 0.15) is 24.5 Å². The maximum absolute atomic E-state index is 11.5. The summed E-state index contributed by atoms with van der Waals surface area (Å²) in [7, 11) is -3.15. The van der Waals surface area contributed by atoms with Crippen LogP contribution in [0.15, 0.2) is 59.5 Å². The van der Waals surface area contributed by atoms with E-state index in [4.69, 9.17) is 0 Å². The first-order valence-corrected chi connectivity index (χ1v) is 10.1. The smallest absolute Gasteiger partial charge is 0.175 e. The molecule has 0 bridgehead atoms. The minimum Gasteiger partial charge on any atom is -0.388 e. The van der Waals surface area contributed by atoms with Crippen LogP contribution in [0, 0.1) is 5.92 Å². The van der Waals surface area contributed by atoms with Crippen molar-refractivity contribution in [2.75, 3.05) is 24.2 Å². The molecule has 0 aliphatic carbocycles. The van der Waals surface area contributed by atoms with Crippen molar-refractivity contribution in [1.82, 2.24) is 0 Å². The molecule has 0 saturated carbocycles. The van der Waals surface area contributed by atoms with Gasteiger partial charge in [0.05, 0.1) is 11.0 Å². The van der Waals surface area contributed by atoms with E-state index >= 15 is 0 Å². The predicted octanol–water partition coefficient (Wildman–Crippen LogP) is 3.04. The van der Waals surface area contributed by atoms with Crippen molar-refractivity contribution < 1.29 is 13.5 Å². The third-order valence-corrected chi connectivity index (χ3v) is 5.89. The van der Waals surface area contributed by atoms with E-state index in [1.807, 2.05) is 42.5 Å². The van der Waals surface area contributed by atoms with Crippen LogP contribution in [0.3, 0.4) is 0 Å². The topological polar surface area (TPSA) is 57.6 Å². The summed E-state index contributed by atoms with van der Waals surface area (Å²) < 4.78 is 23.1. The summed E-state index contributed by atoms with van der Waals surface area (Å²) in [5.74, 6) is 0.263. The van der Waals surface area contributed by atoms with Gasteiger partial charge in [0.2, 0.25) is 0 Å². The Balaban J connectivity index is 1.63. The Bertz CT molecular complexity index is 764. The second kappa shape index (κ2) is 6.95. The van der Waals surface area contributed by atoms with E-state index in [-0.39, 0.29) is 5.92 Å². The number of aliphatic hydroxyl groups is 1. The number of rotatable bonds is 4. The fourth-order valence-corrected chi connectivity index (χ4v) is 3.93. The summed E-state index contributed by atoms with van der Waals surface area (Å²) in [5.41, 5.74) is 2.02. The van der Waals surface area contributed by atoms with Crippen LogP contribution < -0.4 is 4.90 Å². The molecule has 3 rings (SSSR count). The van der Waals surface area contributed by atoms with Gasteiger partial charge in [0, 0.05) is 25.0 Å². The molecular formula is C19H23NO3S. The molecule has 0 spiro atoms. The first-order chi connectivity index (χ1) is 11.4. The molecule has 1 unspecified atom stereocenters. The van der Waals surface area contributed by atoms with Gasteiger partial charge >= 0.3 is 0 Å². The van der Waals surface area contributed by atoms with Crippen molar-refractivity contribution in [2.24, 2.45) is 5.92 Å². The maximum Gasteiger partial charge on any atom is 0.175 e. The van der Waals surface area contributed by atoms with Gasteiger partial charge in [-0.15, -0.1) is 0 Å². The molecule has 0 amide bonds. The normalized spacial score (nSPS) is 17.7. The molecule has 1 atom stereocenters. The Hall–Kier alpha value is -1.85. The van der Waals surface area contributed by atoms with Crippen LogP contribution in [0.5, 0.6) is 0 Å². The lowest BCUT2D eigenvalue weighted by Crippen LogP contribution is -2.35. The van der Waals surface area contributed by atoms with Gasteiger partial charge in [-0.1, -0.05) is 30.3 Å². The van der Waals surface area contributed by atoms with Crippen LogP contribution in [0.4, 0.5) is 5.69 Å². The number of sulfone groups is 1. The lowest BCUT2D eigenvalue weighted by atomic mass is 9.87. The molecule has 0 aromatic heterocycles. The highest BCUT2D eigenvalue weighted by atomic mass is 32.2. The number of benzene rings is 2. The summed E-state index contributed by atoms with van der Waals surface area (Å²) in [6.45, 7) is 1.74. The third-order valence-electron chi connectivity index (χ3n) is 4.76. The van der Waals surface area contributed by atoms with Gasteiger partial charge in [-0.25, -0.2) is 8.42 Å². The summed E-state index contributed by atoms with van der Waals surface area (Å²) in [6, 6.07) is 16.9. The zero-order valence-corrected chi connectivity index (χ0v) is 14.6. The van der Waals surface area contributed by atoms with Crippen molar-refractivity contribution in [3.05, 3.63) is 60.2 Å². The Morgan fingerprint density at radius 3 is 2.12 bits per heavy atom. The van der Waals surface area contributed by atoms with Gasteiger partial charge in [0.25, 0.3) is 0 Å². The molecule has 1 saturated heterocycles. The molecule has 1 heterocycles. The minimum absolute atomic E-state index is 0.263. The molecule has 2 aromatic carbocycles. The standard InChI is InChI=1S/C19H23NO3S/c1-24(22,23)18-9-7-17(8-10-18)20-13-11-16(12-14-20)19(21)15-5-3-2-4-6-15/h2-10,16,19,21H,11-14H2,1H3. The molecule has 24 heavy (non-hydrogen) atoms. The van der Waals surface area contributed by atoms with E-state index in [0.717, 1.165) is 37.2 Å². The number of hydrogen-bond acceptors (Lipinski definition) is 4. The largest absolute Gasteiger partial charge is 0.388 e. The van der Waals surface area contributed by atoms with Gasteiger partial charge in [-0.05, 0) is 48.6 Å². The molecule has 0 radical (unpaired) electrons. The van der Waals surface area contributed by atoms with Crippen LogP contribution in [0.25, 0.3) is 0 Å². The van der Waals surface area contributed by atoms with Crippen molar-refractivity contribution in [3.63, 3.8) is 0 Å². The summed E-state index contributed by atoms with van der Waals surface area (Å²) in [4.78, 5) is 2.60. The average molecular weight is 345 g/mol. The zero-order chi connectivity index (χ0) is 17.2. The Morgan fingerprint density at radius 2 is 1.58 bits per heavy atom. The molecule has 128 valence electrons. The first kappa shape index (κ1) is 17.0. The molecule has 4 nitrogen and oxygen atoms in total. The molecule has 1 fully saturated rings. The summed E-state index contributed by atoms with van der Waals surface area (Å²) in [5, 5.41) is 10.5. The molecule has 1 N–H and O–H groups in total. The highest BCUT2D eigenvalue weighted by Gasteiger charge is 2.26. The van der Waals surface area contributed by atoms with Crippen LogP contribution in [0.2, 0.25) is 0 Å². The maximum atomic E-state index is 11.5. The fraction of sp³-hybridized carbons (Fsp3) is 0.368. The number of nitrogens with zero attached hydrogens (tertiary/aromatic N) is 1. The zero-order valence-electron chi connectivity index (χ0n) is 13.8. The monoisotopic (exact) mass is 345 g/mol. The van der Waals surface area contributed by atoms with Gasteiger partial charge < -0.3 is 10.0 Å². The molecule has 1 aliphatic heterocycles. The fourth-order valence-electron chi connectivity index (χ4n) is 3.30. The van der Waals surface area contributed by atoms with E-state index in [0.29, 0.717) is 4.90 Å². The highest BCUT2D eigenvalue weighted by Crippen LogP contribution is 2.32. The second-order valence-corrected chi connectivity index (χ2v) is 8.46. The summed E-state index contributed by atoms with van der Waals surface area (Å²) >= 11 is 0. The molecular weight excluding hydrogens is 322 g/mol. The quantitative estimate of drug-likeness (QED) is 0.925. The Kier molecular flexibility index (Phi) is 4.92. The van der Waals surface area contributed by atoms with Crippen molar-refractivity contribution >= 4 is 15.5 Å². The highest BCUT2D eigenvalue weighted by molar-refractivity contribution is 7.90. The van der Waals surface area contributed by atoms with Crippen molar-refractivity contribution in [3.8, 4) is 0 Å². The molecule has 1 aliphatic rings. The number of piperidine rings is 1. The van der Waals surface area contributed by atoms with Gasteiger partial charge in [-0.2, -0.15) is 0 Å². The van der Waals surface area contributed by atoms with E-state index in [1.54, 1.807) is 12.1 Å². The predicted molar refractivity (Wildman–Crippen MR) is 95.9 cm³/mol. The van der Waals surface area contributed by atoms with Gasteiger partial charge in [0.15, 0.2) is 9.84 Å². The summed E-state index contributed by atoms with van der Waals surface area (Å²) in [6.07, 6.45) is 2.65.